The Balaban J connectivity index is 2.09. The Morgan fingerprint density at radius 2 is 2.11 bits per heavy atom. The molecule has 0 aromatic heterocycles. The predicted molar refractivity (Wildman–Crippen MR) is 74.0 cm³/mol. The number of nitrogens with one attached hydrogen (secondary N) is 1. The number of hydrogen-bond acceptors (Lipinski definition) is 3. The third kappa shape index (κ3) is 3.07. The van der Waals surface area contributed by atoms with Crippen molar-refractivity contribution < 1.29 is 8.78 Å². The molecule has 0 bridgehead atoms. The van der Waals surface area contributed by atoms with Crippen LogP contribution in [0.15, 0.2) is 12.1 Å². The number of benzene rings is 1. The van der Waals surface area contributed by atoms with E-state index in [1.807, 2.05) is 11.8 Å². The molecule has 5 heteroatoms. The fraction of sp³-hybridized carbons (Fsp3) is 0.538. The molecule has 3 N–H and O–H groups in total. The molecule has 0 aliphatic heterocycles. The largest absolute Gasteiger partial charge is 0.395 e. The average molecular weight is 272 g/mol. The monoisotopic (exact) mass is 272 g/mol. The van der Waals surface area contributed by atoms with E-state index in [2.05, 4.69) is 11.6 Å². The standard InChI is InChI=1S/C13H18F2N2S/c1-18-10-4-2-3-9(7-10)17-12-6-8(14)5-11(15)13(12)16/h5-6,9-10,17H,2-4,7,16H2,1H3. The van der Waals surface area contributed by atoms with Crippen LogP contribution in [0.1, 0.15) is 25.7 Å². The normalized spacial score (nSPS) is 23.9. The minimum Gasteiger partial charge on any atom is -0.395 e. The van der Waals surface area contributed by atoms with Gasteiger partial charge in [-0.3, -0.25) is 0 Å². The maximum atomic E-state index is 13.3. The molecule has 1 aromatic carbocycles. The molecule has 1 fully saturated rings. The van der Waals surface area contributed by atoms with Crippen LogP contribution in [0.4, 0.5) is 20.2 Å². The van der Waals surface area contributed by atoms with Crippen molar-refractivity contribution in [1.82, 2.24) is 0 Å². The summed E-state index contributed by atoms with van der Waals surface area (Å²) in [6.45, 7) is 0. The zero-order valence-corrected chi connectivity index (χ0v) is 11.2. The summed E-state index contributed by atoms with van der Waals surface area (Å²) in [4.78, 5) is 0. The minimum absolute atomic E-state index is 0.00248. The van der Waals surface area contributed by atoms with Crippen molar-refractivity contribution in [3.8, 4) is 0 Å². The van der Waals surface area contributed by atoms with E-state index in [1.54, 1.807) is 0 Å². The van der Waals surface area contributed by atoms with Crippen molar-refractivity contribution in [2.75, 3.05) is 17.3 Å². The van der Waals surface area contributed by atoms with Crippen LogP contribution in [-0.4, -0.2) is 17.5 Å². The van der Waals surface area contributed by atoms with Crippen molar-refractivity contribution in [1.29, 1.82) is 0 Å². The lowest BCUT2D eigenvalue weighted by atomic mass is 9.94. The predicted octanol–water partition coefficient (Wildman–Crippen LogP) is 3.63. The van der Waals surface area contributed by atoms with E-state index >= 15 is 0 Å². The first-order chi connectivity index (χ1) is 8.60. The van der Waals surface area contributed by atoms with Gasteiger partial charge in [0.1, 0.15) is 5.82 Å². The molecule has 2 nitrogen and oxygen atoms in total. The van der Waals surface area contributed by atoms with Crippen LogP contribution in [0.2, 0.25) is 0 Å². The summed E-state index contributed by atoms with van der Waals surface area (Å²) in [5, 5.41) is 3.80. The van der Waals surface area contributed by atoms with Crippen molar-refractivity contribution >= 4 is 23.1 Å². The van der Waals surface area contributed by atoms with Gasteiger partial charge in [0, 0.05) is 17.4 Å². The molecule has 1 aliphatic rings. The zero-order valence-electron chi connectivity index (χ0n) is 10.4. The molecule has 0 heterocycles. The Kier molecular flexibility index (Phi) is 4.32. The maximum Gasteiger partial charge on any atom is 0.151 e. The van der Waals surface area contributed by atoms with Crippen LogP contribution in [0.5, 0.6) is 0 Å². The van der Waals surface area contributed by atoms with E-state index in [0.29, 0.717) is 10.9 Å². The molecular weight excluding hydrogens is 254 g/mol. The summed E-state index contributed by atoms with van der Waals surface area (Å²) >= 11 is 1.85. The van der Waals surface area contributed by atoms with Crippen molar-refractivity contribution in [3.63, 3.8) is 0 Å². The zero-order chi connectivity index (χ0) is 13.1. The van der Waals surface area contributed by atoms with Gasteiger partial charge in [0.2, 0.25) is 0 Å². The average Bonchev–Trinajstić information content (AvgIpc) is 2.35. The highest BCUT2D eigenvalue weighted by molar-refractivity contribution is 7.99. The first-order valence-corrected chi connectivity index (χ1v) is 7.42. The van der Waals surface area contributed by atoms with Gasteiger partial charge in [0.05, 0.1) is 11.4 Å². The van der Waals surface area contributed by atoms with E-state index < -0.39 is 11.6 Å². The Hall–Kier alpha value is -0.970. The smallest absolute Gasteiger partial charge is 0.151 e. The Labute approximate surface area is 110 Å². The molecule has 0 radical (unpaired) electrons. The van der Waals surface area contributed by atoms with Gasteiger partial charge in [-0.05, 0) is 31.6 Å². The van der Waals surface area contributed by atoms with Crippen LogP contribution in [0.25, 0.3) is 0 Å². The van der Waals surface area contributed by atoms with Gasteiger partial charge in [-0.1, -0.05) is 6.42 Å². The fourth-order valence-corrected chi connectivity index (χ4v) is 3.24. The number of nitrogens with two attached hydrogens (primary N) is 1. The number of hydrogen-bond donors (Lipinski definition) is 2. The highest BCUT2D eigenvalue weighted by atomic mass is 32.2. The van der Waals surface area contributed by atoms with Gasteiger partial charge in [-0.2, -0.15) is 11.8 Å². The molecule has 18 heavy (non-hydrogen) atoms. The number of anilines is 2. The van der Waals surface area contributed by atoms with Crippen molar-refractivity contribution in [3.05, 3.63) is 23.8 Å². The number of thioether (sulfide) groups is 1. The van der Waals surface area contributed by atoms with Crippen LogP contribution in [-0.2, 0) is 0 Å². The van der Waals surface area contributed by atoms with Gasteiger partial charge in [-0.25, -0.2) is 8.78 Å². The highest BCUT2D eigenvalue weighted by Crippen LogP contribution is 2.31. The number of rotatable bonds is 3. The Bertz CT molecular complexity index is 426. The molecule has 0 spiro atoms. The van der Waals surface area contributed by atoms with E-state index in [0.717, 1.165) is 25.3 Å². The molecule has 0 amide bonds. The quantitative estimate of drug-likeness (QED) is 0.825. The molecule has 2 atom stereocenters. The Morgan fingerprint density at radius 3 is 2.83 bits per heavy atom. The number of nitrogen functional groups attached to an aromatic ring is 1. The van der Waals surface area contributed by atoms with E-state index in [9.17, 15) is 8.78 Å². The molecule has 0 saturated heterocycles. The molecular formula is C13H18F2N2S. The van der Waals surface area contributed by atoms with Crippen molar-refractivity contribution in [2.45, 2.75) is 37.0 Å². The molecule has 1 saturated carbocycles. The second kappa shape index (κ2) is 5.78. The topological polar surface area (TPSA) is 38.0 Å². The summed E-state index contributed by atoms with van der Waals surface area (Å²) in [6.07, 6.45) is 6.49. The first-order valence-electron chi connectivity index (χ1n) is 6.14. The molecule has 1 aliphatic carbocycles. The summed E-state index contributed by atoms with van der Waals surface area (Å²) in [5.74, 6) is -1.30. The number of halogens is 2. The van der Waals surface area contributed by atoms with Crippen molar-refractivity contribution in [2.24, 2.45) is 0 Å². The van der Waals surface area contributed by atoms with E-state index in [-0.39, 0.29) is 11.7 Å². The minimum atomic E-state index is -0.699. The van der Waals surface area contributed by atoms with Gasteiger partial charge in [0.15, 0.2) is 5.82 Å². The highest BCUT2D eigenvalue weighted by Gasteiger charge is 2.22. The van der Waals surface area contributed by atoms with Crippen LogP contribution < -0.4 is 11.1 Å². The molecule has 2 unspecified atom stereocenters. The Morgan fingerprint density at radius 1 is 1.33 bits per heavy atom. The van der Waals surface area contributed by atoms with Crippen LogP contribution in [0.3, 0.4) is 0 Å². The van der Waals surface area contributed by atoms with Gasteiger partial charge < -0.3 is 11.1 Å². The third-order valence-electron chi connectivity index (χ3n) is 3.41. The molecule has 1 aromatic rings. The summed E-state index contributed by atoms with van der Waals surface area (Å²) in [6, 6.07) is 2.33. The molecule has 2 rings (SSSR count). The second-order valence-corrected chi connectivity index (χ2v) is 5.85. The van der Waals surface area contributed by atoms with Gasteiger partial charge in [0.25, 0.3) is 0 Å². The lowest BCUT2D eigenvalue weighted by Crippen LogP contribution is -2.29. The van der Waals surface area contributed by atoms with Crippen LogP contribution >= 0.6 is 11.8 Å². The lowest BCUT2D eigenvalue weighted by Gasteiger charge is -2.29. The van der Waals surface area contributed by atoms with Gasteiger partial charge in [-0.15, -0.1) is 0 Å². The first kappa shape index (κ1) is 13.5. The lowest BCUT2D eigenvalue weighted by molar-refractivity contribution is 0.473. The van der Waals surface area contributed by atoms with Gasteiger partial charge >= 0.3 is 0 Å². The fourth-order valence-electron chi connectivity index (χ4n) is 2.41. The third-order valence-corrected chi connectivity index (χ3v) is 4.51. The maximum absolute atomic E-state index is 13.3. The van der Waals surface area contributed by atoms with E-state index in [4.69, 9.17) is 5.73 Å². The SMILES string of the molecule is CSC1CCCC(Nc2cc(F)cc(F)c2N)C1. The van der Waals surface area contributed by atoms with Crippen LogP contribution in [0, 0.1) is 11.6 Å². The summed E-state index contributed by atoms with van der Waals surface area (Å²) in [7, 11) is 0. The molecule has 100 valence electrons. The summed E-state index contributed by atoms with van der Waals surface area (Å²) < 4.78 is 26.5. The second-order valence-electron chi connectivity index (χ2n) is 4.71. The van der Waals surface area contributed by atoms with E-state index in [1.165, 1.54) is 12.5 Å². The summed E-state index contributed by atoms with van der Waals surface area (Å²) in [5.41, 5.74) is 6.00.